The van der Waals surface area contributed by atoms with E-state index in [1.54, 1.807) is 36.7 Å². The van der Waals surface area contributed by atoms with E-state index in [0.717, 1.165) is 5.75 Å². The predicted octanol–water partition coefficient (Wildman–Crippen LogP) is 4.10. The zero-order valence-corrected chi connectivity index (χ0v) is 11.3. The van der Waals surface area contributed by atoms with Gasteiger partial charge in [0.1, 0.15) is 11.5 Å². The fourth-order valence-electron chi connectivity index (χ4n) is 1.99. The first-order valence-electron chi connectivity index (χ1n) is 6.60. The van der Waals surface area contributed by atoms with Gasteiger partial charge in [0.05, 0.1) is 0 Å². The highest BCUT2D eigenvalue weighted by Gasteiger charge is 2.10. The van der Waals surface area contributed by atoms with Gasteiger partial charge in [0.15, 0.2) is 5.78 Å². The number of carbonyl (C=O) groups is 1. The second-order valence-corrected chi connectivity index (χ2v) is 4.51. The summed E-state index contributed by atoms with van der Waals surface area (Å²) in [5, 5.41) is 0. The van der Waals surface area contributed by atoms with Crippen LogP contribution in [0, 0.1) is 0 Å². The highest BCUT2D eigenvalue weighted by Crippen LogP contribution is 2.22. The molecule has 0 spiro atoms. The van der Waals surface area contributed by atoms with E-state index in [9.17, 15) is 4.79 Å². The Kier molecular flexibility index (Phi) is 3.74. The number of hydrogen-bond acceptors (Lipinski definition) is 3. The van der Waals surface area contributed by atoms with Gasteiger partial charge in [-0.1, -0.05) is 30.3 Å². The van der Waals surface area contributed by atoms with E-state index in [-0.39, 0.29) is 5.78 Å². The Hall–Kier alpha value is -2.94. The molecule has 2 aromatic carbocycles. The van der Waals surface area contributed by atoms with E-state index in [0.29, 0.717) is 16.9 Å². The summed E-state index contributed by atoms with van der Waals surface area (Å²) < 4.78 is 5.74. The van der Waals surface area contributed by atoms with Gasteiger partial charge in [-0.15, -0.1) is 0 Å². The number of pyridine rings is 1. The Bertz CT molecular complexity index is 739. The maximum absolute atomic E-state index is 12.4. The second-order valence-electron chi connectivity index (χ2n) is 4.51. The summed E-state index contributed by atoms with van der Waals surface area (Å²) in [5.41, 5.74) is 1.14. The van der Waals surface area contributed by atoms with Crippen LogP contribution in [-0.2, 0) is 0 Å². The molecular formula is C18H13NO2. The minimum atomic E-state index is -0.0680. The molecule has 0 aliphatic carbocycles. The first-order chi connectivity index (χ1) is 10.3. The second kappa shape index (κ2) is 6.01. The Labute approximate surface area is 122 Å². The first-order valence-corrected chi connectivity index (χ1v) is 6.60. The molecule has 0 aliphatic rings. The van der Waals surface area contributed by atoms with Gasteiger partial charge < -0.3 is 4.74 Å². The SMILES string of the molecule is O=C(c1cccnc1)c1cccc(Oc2ccccc2)c1. The normalized spacial score (nSPS) is 10.1. The number of hydrogen-bond donors (Lipinski definition) is 0. The summed E-state index contributed by atoms with van der Waals surface area (Å²) in [6, 6.07) is 20.1. The molecule has 0 N–H and O–H groups in total. The van der Waals surface area contributed by atoms with E-state index < -0.39 is 0 Å². The summed E-state index contributed by atoms with van der Waals surface area (Å²) in [7, 11) is 0. The van der Waals surface area contributed by atoms with Gasteiger partial charge in [-0.25, -0.2) is 0 Å². The van der Waals surface area contributed by atoms with Crippen LogP contribution in [0.15, 0.2) is 79.1 Å². The predicted molar refractivity (Wildman–Crippen MR) is 80.6 cm³/mol. The number of nitrogens with zero attached hydrogens (tertiary/aromatic N) is 1. The quantitative estimate of drug-likeness (QED) is 0.673. The van der Waals surface area contributed by atoms with Crippen LogP contribution in [0.1, 0.15) is 15.9 Å². The lowest BCUT2D eigenvalue weighted by molar-refractivity contribution is 0.103. The molecule has 1 aromatic heterocycles. The maximum atomic E-state index is 12.4. The Morgan fingerprint density at radius 1 is 0.810 bits per heavy atom. The van der Waals surface area contributed by atoms with Gasteiger partial charge in [-0.3, -0.25) is 9.78 Å². The summed E-state index contributed by atoms with van der Waals surface area (Å²) in [5.74, 6) is 1.31. The van der Waals surface area contributed by atoms with Crippen molar-refractivity contribution >= 4 is 5.78 Å². The standard InChI is InChI=1S/C18H13NO2/c20-18(15-7-5-11-19-13-15)14-6-4-10-17(12-14)21-16-8-2-1-3-9-16/h1-13H. The van der Waals surface area contributed by atoms with Crippen LogP contribution in [0.25, 0.3) is 0 Å². The lowest BCUT2D eigenvalue weighted by Gasteiger charge is -2.07. The van der Waals surface area contributed by atoms with Crippen molar-refractivity contribution in [2.45, 2.75) is 0 Å². The van der Waals surface area contributed by atoms with Gasteiger partial charge in [0.25, 0.3) is 0 Å². The van der Waals surface area contributed by atoms with E-state index in [2.05, 4.69) is 4.98 Å². The van der Waals surface area contributed by atoms with Crippen LogP contribution >= 0.6 is 0 Å². The van der Waals surface area contributed by atoms with Crippen LogP contribution < -0.4 is 4.74 Å². The molecule has 3 nitrogen and oxygen atoms in total. The molecule has 102 valence electrons. The van der Waals surface area contributed by atoms with Crippen molar-refractivity contribution in [3.8, 4) is 11.5 Å². The monoisotopic (exact) mass is 275 g/mol. The highest BCUT2D eigenvalue weighted by molar-refractivity contribution is 6.08. The van der Waals surface area contributed by atoms with Crippen LogP contribution in [0.3, 0.4) is 0 Å². The van der Waals surface area contributed by atoms with Crippen molar-refractivity contribution in [3.63, 3.8) is 0 Å². The number of ketones is 1. The van der Waals surface area contributed by atoms with Crippen LogP contribution in [-0.4, -0.2) is 10.8 Å². The third-order valence-electron chi connectivity index (χ3n) is 3.00. The molecule has 3 heteroatoms. The van der Waals surface area contributed by atoms with Crippen molar-refractivity contribution < 1.29 is 9.53 Å². The van der Waals surface area contributed by atoms with E-state index >= 15 is 0 Å². The smallest absolute Gasteiger partial charge is 0.194 e. The van der Waals surface area contributed by atoms with Crippen molar-refractivity contribution in [3.05, 3.63) is 90.3 Å². The molecule has 21 heavy (non-hydrogen) atoms. The molecule has 3 aromatic rings. The number of benzene rings is 2. The maximum Gasteiger partial charge on any atom is 0.194 e. The third kappa shape index (κ3) is 3.15. The van der Waals surface area contributed by atoms with E-state index in [1.807, 2.05) is 42.5 Å². The number of carbonyl (C=O) groups excluding carboxylic acids is 1. The summed E-state index contributed by atoms with van der Waals surface area (Å²) in [6.07, 6.45) is 3.21. The summed E-state index contributed by atoms with van der Waals surface area (Å²) >= 11 is 0. The van der Waals surface area contributed by atoms with Crippen molar-refractivity contribution in [1.82, 2.24) is 4.98 Å². The molecule has 3 rings (SSSR count). The minimum absolute atomic E-state index is 0.0680. The Morgan fingerprint density at radius 2 is 1.57 bits per heavy atom. The molecule has 0 aliphatic heterocycles. The first kappa shape index (κ1) is 13.1. The molecule has 0 fully saturated rings. The van der Waals surface area contributed by atoms with E-state index in [4.69, 9.17) is 4.74 Å². The molecule has 0 radical (unpaired) electrons. The molecular weight excluding hydrogens is 262 g/mol. The minimum Gasteiger partial charge on any atom is -0.457 e. The lowest BCUT2D eigenvalue weighted by atomic mass is 10.1. The zero-order valence-electron chi connectivity index (χ0n) is 11.3. The van der Waals surface area contributed by atoms with Crippen molar-refractivity contribution in [2.24, 2.45) is 0 Å². The zero-order chi connectivity index (χ0) is 14.5. The third-order valence-corrected chi connectivity index (χ3v) is 3.00. The molecule has 0 saturated carbocycles. The van der Waals surface area contributed by atoms with Crippen molar-refractivity contribution in [1.29, 1.82) is 0 Å². The van der Waals surface area contributed by atoms with Crippen LogP contribution in [0.5, 0.6) is 11.5 Å². The molecule has 1 heterocycles. The van der Waals surface area contributed by atoms with E-state index in [1.165, 1.54) is 0 Å². The number of aromatic nitrogens is 1. The van der Waals surface area contributed by atoms with Crippen molar-refractivity contribution in [2.75, 3.05) is 0 Å². The molecule has 0 saturated heterocycles. The van der Waals surface area contributed by atoms with Gasteiger partial charge in [0, 0.05) is 23.5 Å². The fourth-order valence-corrected chi connectivity index (χ4v) is 1.99. The number of ether oxygens (including phenoxy) is 1. The molecule has 0 bridgehead atoms. The number of para-hydroxylation sites is 1. The highest BCUT2D eigenvalue weighted by atomic mass is 16.5. The van der Waals surface area contributed by atoms with Gasteiger partial charge in [-0.2, -0.15) is 0 Å². The molecule has 0 amide bonds. The lowest BCUT2D eigenvalue weighted by Crippen LogP contribution is -2.01. The molecule has 0 unspecified atom stereocenters. The van der Waals surface area contributed by atoms with Gasteiger partial charge in [0.2, 0.25) is 0 Å². The number of rotatable bonds is 4. The van der Waals surface area contributed by atoms with Gasteiger partial charge >= 0.3 is 0 Å². The Balaban J connectivity index is 1.85. The summed E-state index contributed by atoms with van der Waals surface area (Å²) in [4.78, 5) is 16.3. The summed E-state index contributed by atoms with van der Waals surface area (Å²) in [6.45, 7) is 0. The molecule has 0 atom stereocenters. The topological polar surface area (TPSA) is 39.2 Å². The largest absolute Gasteiger partial charge is 0.457 e. The average Bonchev–Trinajstić information content (AvgIpc) is 2.56. The fraction of sp³-hybridized carbons (Fsp3) is 0. The van der Waals surface area contributed by atoms with Gasteiger partial charge in [-0.05, 0) is 36.4 Å². The van der Waals surface area contributed by atoms with Crippen LogP contribution in [0.2, 0.25) is 0 Å². The Morgan fingerprint density at radius 3 is 2.33 bits per heavy atom. The average molecular weight is 275 g/mol. The van der Waals surface area contributed by atoms with Crippen LogP contribution in [0.4, 0.5) is 0 Å².